The highest BCUT2D eigenvalue weighted by Gasteiger charge is 2.16. The van der Waals surface area contributed by atoms with Crippen LogP contribution >= 0.6 is 11.6 Å². The number of hydrogen-bond acceptors (Lipinski definition) is 3. The molecule has 0 bridgehead atoms. The zero-order chi connectivity index (χ0) is 17.6. The van der Waals surface area contributed by atoms with Crippen LogP contribution in [0.15, 0.2) is 67.0 Å². The standard InChI is InChI=1S/C20H19ClN2O2/c1-15(13-23-12-2-11-22-23)20(24)17-5-9-19(10-6-17)25-14-16-3-7-18(21)8-4-16/h2-12,15H,13-14H2,1H3/t15-/m1/s1. The second kappa shape index (κ2) is 7.99. The lowest BCUT2D eigenvalue weighted by atomic mass is 9.99. The zero-order valence-electron chi connectivity index (χ0n) is 13.9. The number of carbonyl (C=O) groups is 1. The number of ether oxygens (including phenoxy) is 1. The third-order valence-electron chi connectivity index (χ3n) is 3.93. The predicted molar refractivity (Wildman–Crippen MR) is 97.9 cm³/mol. The summed E-state index contributed by atoms with van der Waals surface area (Å²) in [6.45, 7) is 2.94. The van der Waals surface area contributed by atoms with Crippen LogP contribution in [0, 0.1) is 5.92 Å². The SMILES string of the molecule is C[C@H](Cn1cccn1)C(=O)c1ccc(OCc2ccc(Cl)cc2)cc1. The van der Waals surface area contributed by atoms with Crippen molar-refractivity contribution in [2.24, 2.45) is 5.92 Å². The summed E-state index contributed by atoms with van der Waals surface area (Å²) in [6, 6.07) is 16.6. The number of benzene rings is 2. The first-order valence-electron chi connectivity index (χ1n) is 8.11. The topological polar surface area (TPSA) is 44.1 Å². The van der Waals surface area contributed by atoms with Crippen LogP contribution in [0.2, 0.25) is 5.02 Å². The number of hydrogen-bond donors (Lipinski definition) is 0. The molecule has 0 aliphatic rings. The Morgan fingerprint density at radius 2 is 1.88 bits per heavy atom. The van der Waals surface area contributed by atoms with Gasteiger partial charge >= 0.3 is 0 Å². The smallest absolute Gasteiger partial charge is 0.167 e. The van der Waals surface area contributed by atoms with Crippen molar-refractivity contribution >= 4 is 17.4 Å². The number of nitrogens with zero attached hydrogens (tertiary/aromatic N) is 2. The van der Waals surface area contributed by atoms with E-state index in [1.54, 1.807) is 23.0 Å². The predicted octanol–water partition coefficient (Wildman–Crippen LogP) is 4.63. The van der Waals surface area contributed by atoms with Gasteiger partial charge in [0.2, 0.25) is 0 Å². The highest BCUT2D eigenvalue weighted by molar-refractivity contribution is 6.30. The van der Waals surface area contributed by atoms with Gasteiger partial charge < -0.3 is 4.74 Å². The van der Waals surface area contributed by atoms with Gasteiger partial charge in [0.1, 0.15) is 12.4 Å². The molecule has 5 heteroatoms. The molecule has 1 atom stereocenters. The number of aromatic nitrogens is 2. The zero-order valence-corrected chi connectivity index (χ0v) is 14.7. The van der Waals surface area contributed by atoms with Crippen LogP contribution in [-0.4, -0.2) is 15.6 Å². The van der Waals surface area contributed by atoms with Crippen LogP contribution in [0.4, 0.5) is 0 Å². The van der Waals surface area contributed by atoms with Gasteiger partial charge in [0, 0.05) is 28.9 Å². The fourth-order valence-electron chi connectivity index (χ4n) is 2.52. The minimum atomic E-state index is -0.138. The molecule has 25 heavy (non-hydrogen) atoms. The molecule has 0 spiro atoms. The molecule has 2 aromatic carbocycles. The Labute approximate surface area is 152 Å². The number of halogens is 1. The van der Waals surface area contributed by atoms with E-state index in [0.717, 1.165) is 11.3 Å². The van der Waals surface area contributed by atoms with Crippen LogP contribution in [0.5, 0.6) is 5.75 Å². The first-order chi connectivity index (χ1) is 12.1. The number of ketones is 1. The number of rotatable bonds is 7. The molecule has 0 saturated heterocycles. The minimum Gasteiger partial charge on any atom is -0.489 e. The molecule has 0 amide bonds. The van der Waals surface area contributed by atoms with E-state index in [4.69, 9.17) is 16.3 Å². The summed E-state index contributed by atoms with van der Waals surface area (Å²) in [5.74, 6) is 0.687. The van der Waals surface area contributed by atoms with Crippen molar-refractivity contribution in [3.63, 3.8) is 0 Å². The van der Waals surface area contributed by atoms with Crippen LogP contribution in [0.3, 0.4) is 0 Å². The normalized spacial score (nSPS) is 11.9. The van der Waals surface area contributed by atoms with Crippen molar-refractivity contribution in [2.45, 2.75) is 20.1 Å². The summed E-state index contributed by atoms with van der Waals surface area (Å²) in [5.41, 5.74) is 1.72. The van der Waals surface area contributed by atoms with Gasteiger partial charge in [-0.3, -0.25) is 9.48 Å². The Balaban J connectivity index is 1.57. The highest BCUT2D eigenvalue weighted by Crippen LogP contribution is 2.18. The van der Waals surface area contributed by atoms with Crippen LogP contribution in [0.1, 0.15) is 22.8 Å². The van der Waals surface area contributed by atoms with E-state index in [1.165, 1.54) is 0 Å². The fraction of sp³-hybridized carbons (Fsp3) is 0.200. The number of carbonyl (C=O) groups excluding carboxylic acids is 1. The quantitative estimate of drug-likeness (QED) is 0.581. The second-order valence-corrected chi connectivity index (χ2v) is 6.37. The number of Topliss-reactive ketones (excluding diaryl/α,β-unsaturated/α-hetero) is 1. The molecule has 0 radical (unpaired) electrons. The molecule has 3 rings (SSSR count). The Bertz CT molecular complexity index is 812. The Kier molecular flexibility index (Phi) is 5.51. The van der Waals surface area contributed by atoms with Crippen molar-refractivity contribution in [2.75, 3.05) is 0 Å². The molecule has 0 fully saturated rings. The van der Waals surface area contributed by atoms with Gasteiger partial charge in [0.15, 0.2) is 5.78 Å². The van der Waals surface area contributed by atoms with Crippen LogP contribution in [0.25, 0.3) is 0 Å². The first kappa shape index (κ1) is 17.2. The minimum absolute atomic E-state index is 0.0970. The molecule has 0 aliphatic heterocycles. The summed E-state index contributed by atoms with van der Waals surface area (Å²) < 4.78 is 7.51. The van der Waals surface area contributed by atoms with Crippen molar-refractivity contribution in [3.05, 3.63) is 83.1 Å². The lowest BCUT2D eigenvalue weighted by molar-refractivity contribution is 0.0915. The van der Waals surface area contributed by atoms with Gasteiger partial charge in [-0.1, -0.05) is 30.7 Å². The molecule has 1 heterocycles. The van der Waals surface area contributed by atoms with Crippen molar-refractivity contribution in [3.8, 4) is 5.75 Å². The first-order valence-corrected chi connectivity index (χ1v) is 8.48. The average molecular weight is 355 g/mol. The van der Waals surface area contributed by atoms with E-state index in [1.807, 2.05) is 55.6 Å². The summed E-state index contributed by atoms with van der Waals surface area (Å²) in [7, 11) is 0. The van der Waals surface area contributed by atoms with Crippen molar-refractivity contribution in [1.82, 2.24) is 9.78 Å². The largest absolute Gasteiger partial charge is 0.489 e. The van der Waals surface area contributed by atoms with E-state index in [9.17, 15) is 4.79 Å². The van der Waals surface area contributed by atoms with Gasteiger partial charge in [-0.25, -0.2) is 0 Å². The van der Waals surface area contributed by atoms with Gasteiger partial charge in [0.25, 0.3) is 0 Å². The average Bonchev–Trinajstić information content (AvgIpc) is 3.14. The van der Waals surface area contributed by atoms with E-state index < -0.39 is 0 Å². The Hall–Kier alpha value is -2.59. The molecule has 0 aliphatic carbocycles. The molecular formula is C20H19ClN2O2. The molecule has 1 aromatic heterocycles. The van der Waals surface area contributed by atoms with E-state index in [2.05, 4.69) is 5.10 Å². The van der Waals surface area contributed by atoms with Gasteiger partial charge in [0.05, 0.1) is 6.54 Å². The summed E-state index contributed by atoms with van der Waals surface area (Å²) in [5, 5.41) is 4.85. The molecule has 128 valence electrons. The van der Waals surface area contributed by atoms with Gasteiger partial charge in [-0.2, -0.15) is 5.10 Å². The van der Waals surface area contributed by atoms with Crippen molar-refractivity contribution in [1.29, 1.82) is 0 Å². The van der Waals surface area contributed by atoms with Crippen LogP contribution in [-0.2, 0) is 13.2 Å². The maximum atomic E-state index is 12.5. The fourth-order valence-corrected chi connectivity index (χ4v) is 2.65. The Morgan fingerprint density at radius 3 is 2.52 bits per heavy atom. The maximum absolute atomic E-state index is 12.5. The van der Waals surface area contributed by atoms with Gasteiger partial charge in [-0.15, -0.1) is 0 Å². The summed E-state index contributed by atoms with van der Waals surface area (Å²) >= 11 is 5.87. The maximum Gasteiger partial charge on any atom is 0.167 e. The summed E-state index contributed by atoms with van der Waals surface area (Å²) in [4.78, 5) is 12.5. The molecule has 4 nitrogen and oxygen atoms in total. The van der Waals surface area contributed by atoms with E-state index >= 15 is 0 Å². The summed E-state index contributed by atoms with van der Waals surface area (Å²) in [6.07, 6.45) is 3.57. The monoisotopic (exact) mass is 354 g/mol. The molecule has 0 N–H and O–H groups in total. The van der Waals surface area contributed by atoms with Crippen molar-refractivity contribution < 1.29 is 9.53 Å². The lowest BCUT2D eigenvalue weighted by Gasteiger charge is -2.11. The van der Waals surface area contributed by atoms with Gasteiger partial charge in [-0.05, 0) is 48.0 Å². The molecule has 3 aromatic rings. The Morgan fingerprint density at radius 1 is 1.16 bits per heavy atom. The van der Waals surface area contributed by atoms with Crippen LogP contribution < -0.4 is 4.74 Å². The molecule has 0 unspecified atom stereocenters. The van der Waals surface area contributed by atoms with E-state index in [-0.39, 0.29) is 11.7 Å². The highest BCUT2D eigenvalue weighted by atomic mass is 35.5. The van der Waals surface area contributed by atoms with E-state index in [0.29, 0.717) is 23.7 Å². The third kappa shape index (κ3) is 4.70. The lowest BCUT2D eigenvalue weighted by Crippen LogP contribution is -2.18. The third-order valence-corrected chi connectivity index (χ3v) is 4.18. The molecular weight excluding hydrogens is 336 g/mol. The molecule has 0 saturated carbocycles. The second-order valence-electron chi connectivity index (χ2n) is 5.93.